The lowest BCUT2D eigenvalue weighted by atomic mass is 10.0. The first-order chi connectivity index (χ1) is 10.7. The number of benzene rings is 1. The molecule has 0 aliphatic carbocycles. The normalized spacial score (nSPS) is 17.7. The molecule has 0 bridgehead atoms. The van der Waals surface area contributed by atoms with Gasteiger partial charge in [-0.15, -0.1) is 0 Å². The number of para-hydroxylation sites is 1. The van der Waals surface area contributed by atoms with E-state index >= 15 is 0 Å². The van der Waals surface area contributed by atoms with Crippen LogP contribution in [-0.2, 0) is 6.42 Å². The molecular formula is C17H20N2O3. The van der Waals surface area contributed by atoms with Crippen molar-refractivity contribution < 1.29 is 14.1 Å². The lowest BCUT2D eigenvalue weighted by Gasteiger charge is -2.24. The standard InChI is InChI=1S/C17H20N2O3/c1-12-10-16(22-18-12)17(20)19-9-5-7-14(19)11-13-6-3-4-8-15(13)21-2/h3-4,6,8,10,14H,5,7,9,11H2,1-2H3/t14-/m1/s1. The van der Waals surface area contributed by atoms with Crippen molar-refractivity contribution >= 4 is 5.91 Å². The average molecular weight is 300 g/mol. The first kappa shape index (κ1) is 14.6. The van der Waals surface area contributed by atoms with Crippen LogP contribution in [-0.4, -0.2) is 35.7 Å². The quantitative estimate of drug-likeness (QED) is 0.871. The summed E-state index contributed by atoms with van der Waals surface area (Å²) in [5.41, 5.74) is 1.85. The van der Waals surface area contributed by atoms with Crippen molar-refractivity contribution in [3.63, 3.8) is 0 Å². The molecule has 5 heteroatoms. The Morgan fingerprint density at radius 1 is 1.45 bits per heavy atom. The van der Waals surface area contributed by atoms with Crippen LogP contribution in [0.25, 0.3) is 0 Å². The topological polar surface area (TPSA) is 55.6 Å². The zero-order valence-electron chi connectivity index (χ0n) is 12.9. The monoisotopic (exact) mass is 300 g/mol. The van der Waals surface area contributed by atoms with Crippen molar-refractivity contribution in [2.45, 2.75) is 32.2 Å². The Kier molecular flexibility index (Phi) is 4.13. The van der Waals surface area contributed by atoms with Crippen LogP contribution in [0.4, 0.5) is 0 Å². The van der Waals surface area contributed by atoms with Gasteiger partial charge in [-0.05, 0) is 37.8 Å². The van der Waals surface area contributed by atoms with Crippen molar-refractivity contribution in [3.05, 3.63) is 47.3 Å². The van der Waals surface area contributed by atoms with Gasteiger partial charge in [0.05, 0.1) is 12.8 Å². The summed E-state index contributed by atoms with van der Waals surface area (Å²) in [7, 11) is 1.67. The minimum absolute atomic E-state index is 0.0713. The molecule has 0 N–H and O–H groups in total. The number of likely N-dealkylation sites (tertiary alicyclic amines) is 1. The van der Waals surface area contributed by atoms with Gasteiger partial charge in [0.1, 0.15) is 5.75 Å². The van der Waals surface area contributed by atoms with E-state index in [2.05, 4.69) is 11.2 Å². The van der Waals surface area contributed by atoms with E-state index in [0.717, 1.165) is 42.8 Å². The van der Waals surface area contributed by atoms with E-state index < -0.39 is 0 Å². The summed E-state index contributed by atoms with van der Waals surface area (Å²) in [6.07, 6.45) is 2.80. The van der Waals surface area contributed by atoms with Gasteiger partial charge in [0, 0.05) is 18.7 Å². The highest BCUT2D eigenvalue weighted by molar-refractivity contribution is 5.91. The van der Waals surface area contributed by atoms with E-state index in [4.69, 9.17) is 9.26 Å². The average Bonchev–Trinajstić information content (AvgIpc) is 3.16. The van der Waals surface area contributed by atoms with Gasteiger partial charge < -0.3 is 14.2 Å². The summed E-state index contributed by atoms with van der Waals surface area (Å²) < 4.78 is 10.5. The van der Waals surface area contributed by atoms with Gasteiger partial charge in [-0.1, -0.05) is 23.4 Å². The third kappa shape index (κ3) is 2.84. The highest BCUT2D eigenvalue weighted by atomic mass is 16.5. The molecule has 5 nitrogen and oxygen atoms in total. The first-order valence-electron chi connectivity index (χ1n) is 7.55. The van der Waals surface area contributed by atoms with Gasteiger partial charge >= 0.3 is 0 Å². The molecule has 1 amide bonds. The molecule has 2 heterocycles. The van der Waals surface area contributed by atoms with E-state index in [9.17, 15) is 4.79 Å². The molecule has 22 heavy (non-hydrogen) atoms. The molecule has 1 atom stereocenters. The number of rotatable bonds is 4. The zero-order valence-corrected chi connectivity index (χ0v) is 12.9. The van der Waals surface area contributed by atoms with E-state index in [-0.39, 0.29) is 11.9 Å². The number of aryl methyl sites for hydroxylation is 1. The molecular weight excluding hydrogens is 280 g/mol. The molecule has 0 radical (unpaired) electrons. The number of ether oxygens (including phenoxy) is 1. The number of hydrogen-bond donors (Lipinski definition) is 0. The lowest BCUT2D eigenvalue weighted by Crippen LogP contribution is -2.36. The predicted molar refractivity (Wildman–Crippen MR) is 82.0 cm³/mol. The summed E-state index contributed by atoms with van der Waals surface area (Å²) in [6, 6.07) is 9.83. The van der Waals surface area contributed by atoms with E-state index in [1.165, 1.54) is 0 Å². The predicted octanol–water partition coefficient (Wildman–Crippen LogP) is 2.84. The van der Waals surface area contributed by atoms with Crippen molar-refractivity contribution in [3.8, 4) is 5.75 Å². The Labute approximate surface area is 129 Å². The number of methoxy groups -OCH3 is 1. The summed E-state index contributed by atoms with van der Waals surface area (Å²) in [5, 5.41) is 3.80. The second kappa shape index (κ2) is 6.22. The molecule has 1 fully saturated rings. The summed E-state index contributed by atoms with van der Waals surface area (Å²) in [4.78, 5) is 14.5. The van der Waals surface area contributed by atoms with Crippen LogP contribution in [0.15, 0.2) is 34.9 Å². The molecule has 1 saturated heterocycles. The molecule has 1 aromatic carbocycles. The molecule has 1 aromatic heterocycles. The number of hydrogen-bond acceptors (Lipinski definition) is 4. The number of amides is 1. The molecule has 116 valence electrons. The van der Waals surface area contributed by atoms with Gasteiger partial charge in [-0.3, -0.25) is 4.79 Å². The third-order valence-corrected chi connectivity index (χ3v) is 4.12. The van der Waals surface area contributed by atoms with Crippen LogP contribution in [0, 0.1) is 6.92 Å². The lowest BCUT2D eigenvalue weighted by molar-refractivity contribution is 0.0693. The SMILES string of the molecule is COc1ccccc1C[C@H]1CCCN1C(=O)c1cc(C)no1. The fourth-order valence-corrected chi connectivity index (χ4v) is 3.05. The summed E-state index contributed by atoms with van der Waals surface area (Å²) >= 11 is 0. The fourth-order valence-electron chi connectivity index (χ4n) is 3.05. The highest BCUT2D eigenvalue weighted by Crippen LogP contribution is 2.27. The molecule has 3 rings (SSSR count). The fraction of sp³-hybridized carbons (Fsp3) is 0.412. The van der Waals surface area contributed by atoms with Crippen molar-refractivity contribution in [2.75, 3.05) is 13.7 Å². The Morgan fingerprint density at radius 2 is 2.27 bits per heavy atom. The number of carbonyl (C=O) groups excluding carboxylic acids is 1. The van der Waals surface area contributed by atoms with Crippen molar-refractivity contribution in [2.24, 2.45) is 0 Å². The summed E-state index contributed by atoms with van der Waals surface area (Å²) in [5.74, 6) is 1.12. The Morgan fingerprint density at radius 3 is 3.00 bits per heavy atom. The van der Waals surface area contributed by atoms with Gasteiger partial charge in [0.2, 0.25) is 5.76 Å². The maximum atomic E-state index is 12.6. The van der Waals surface area contributed by atoms with Crippen LogP contribution in [0.2, 0.25) is 0 Å². The zero-order chi connectivity index (χ0) is 15.5. The minimum atomic E-state index is -0.0713. The number of nitrogens with zero attached hydrogens (tertiary/aromatic N) is 2. The maximum absolute atomic E-state index is 12.6. The van der Waals surface area contributed by atoms with Crippen molar-refractivity contribution in [1.82, 2.24) is 10.1 Å². The second-order valence-corrected chi connectivity index (χ2v) is 5.64. The third-order valence-electron chi connectivity index (χ3n) is 4.12. The Balaban J connectivity index is 1.77. The van der Waals surface area contributed by atoms with E-state index in [1.807, 2.05) is 30.0 Å². The maximum Gasteiger partial charge on any atom is 0.292 e. The first-order valence-corrected chi connectivity index (χ1v) is 7.55. The largest absolute Gasteiger partial charge is 0.496 e. The van der Waals surface area contributed by atoms with Crippen LogP contribution in [0.5, 0.6) is 5.75 Å². The van der Waals surface area contributed by atoms with Crippen LogP contribution < -0.4 is 4.74 Å². The smallest absolute Gasteiger partial charge is 0.292 e. The number of aromatic nitrogens is 1. The van der Waals surface area contributed by atoms with Gasteiger partial charge in [-0.25, -0.2) is 0 Å². The van der Waals surface area contributed by atoms with Crippen LogP contribution >= 0.6 is 0 Å². The van der Waals surface area contributed by atoms with Gasteiger partial charge in [0.15, 0.2) is 0 Å². The molecule has 0 spiro atoms. The Hall–Kier alpha value is -2.30. The molecule has 0 saturated carbocycles. The van der Waals surface area contributed by atoms with Gasteiger partial charge in [0.25, 0.3) is 5.91 Å². The van der Waals surface area contributed by atoms with Crippen LogP contribution in [0.1, 0.15) is 34.7 Å². The number of carbonyl (C=O) groups is 1. The molecule has 2 aromatic rings. The second-order valence-electron chi connectivity index (χ2n) is 5.64. The van der Waals surface area contributed by atoms with Gasteiger partial charge in [-0.2, -0.15) is 0 Å². The molecule has 0 unspecified atom stereocenters. The van der Waals surface area contributed by atoms with Crippen LogP contribution in [0.3, 0.4) is 0 Å². The molecule has 1 aliphatic heterocycles. The van der Waals surface area contributed by atoms with E-state index in [1.54, 1.807) is 13.2 Å². The summed E-state index contributed by atoms with van der Waals surface area (Å²) in [6.45, 7) is 2.58. The Bertz CT molecular complexity index is 665. The minimum Gasteiger partial charge on any atom is -0.496 e. The molecule has 1 aliphatic rings. The van der Waals surface area contributed by atoms with E-state index in [0.29, 0.717) is 5.76 Å². The van der Waals surface area contributed by atoms with Crippen molar-refractivity contribution in [1.29, 1.82) is 0 Å². The highest BCUT2D eigenvalue weighted by Gasteiger charge is 2.31.